The summed E-state index contributed by atoms with van der Waals surface area (Å²) in [6.45, 7) is 0. The van der Waals surface area contributed by atoms with Crippen LogP contribution >= 0.6 is 11.3 Å². The summed E-state index contributed by atoms with van der Waals surface area (Å²) in [6, 6.07) is 11.9. The molecular weight excluding hydrogens is 230 g/mol. The summed E-state index contributed by atoms with van der Waals surface area (Å²) in [5, 5.41) is 4.01. The van der Waals surface area contributed by atoms with E-state index in [1.807, 2.05) is 41.8 Å². The molecule has 1 aromatic heterocycles. The maximum Gasteiger partial charge on any atom is 0.151 e. The van der Waals surface area contributed by atoms with E-state index in [0.717, 1.165) is 28.3 Å². The second-order valence-corrected chi connectivity index (χ2v) is 4.46. The van der Waals surface area contributed by atoms with Crippen molar-refractivity contribution >= 4 is 28.4 Å². The smallest absolute Gasteiger partial charge is 0.151 e. The van der Waals surface area contributed by atoms with Gasteiger partial charge in [0.2, 0.25) is 0 Å². The van der Waals surface area contributed by atoms with Crippen LogP contribution in [0.5, 0.6) is 0 Å². The van der Waals surface area contributed by atoms with Gasteiger partial charge in [-0.1, -0.05) is 36.4 Å². The van der Waals surface area contributed by atoms with Gasteiger partial charge in [-0.15, -0.1) is 11.3 Å². The Labute approximate surface area is 103 Å². The van der Waals surface area contributed by atoms with Crippen molar-refractivity contribution in [3.05, 3.63) is 52.9 Å². The largest absolute Gasteiger partial charge is 0.298 e. The molecule has 0 saturated carbocycles. The van der Waals surface area contributed by atoms with Crippen molar-refractivity contribution in [1.82, 2.24) is 4.98 Å². The minimum Gasteiger partial charge on any atom is -0.298 e. The zero-order valence-corrected chi connectivity index (χ0v) is 9.78. The molecule has 0 N–H and O–H groups in total. The van der Waals surface area contributed by atoms with Crippen LogP contribution in [0.1, 0.15) is 10.4 Å². The third-order valence-corrected chi connectivity index (χ3v) is 3.38. The SMILES string of the molecule is O=Cc1c(-c2cscn2)ccc2ccccc12. The highest BCUT2D eigenvalue weighted by atomic mass is 32.1. The molecule has 1 heterocycles. The molecule has 0 saturated heterocycles. The maximum atomic E-state index is 11.3. The van der Waals surface area contributed by atoms with Crippen LogP contribution in [-0.2, 0) is 0 Å². The first-order valence-electron chi connectivity index (χ1n) is 5.25. The number of carbonyl (C=O) groups excluding carboxylic acids is 1. The van der Waals surface area contributed by atoms with Crippen LogP contribution in [0.4, 0.5) is 0 Å². The molecule has 82 valence electrons. The van der Waals surface area contributed by atoms with Crippen LogP contribution in [-0.4, -0.2) is 11.3 Å². The number of nitrogens with zero attached hydrogens (tertiary/aromatic N) is 1. The van der Waals surface area contributed by atoms with Crippen LogP contribution in [0.15, 0.2) is 47.3 Å². The Balaban J connectivity index is 2.37. The van der Waals surface area contributed by atoms with Gasteiger partial charge in [-0.3, -0.25) is 4.79 Å². The summed E-state index contributed by atoms with van der Waals surface area (Å²) in [5.41, 5.74) is 4.26. The first-order valence-corrected chi connectivity index (χ1v) is 6.20. The molecule has 0 aliphatic carbocycles. The highest BCUT2D eigenvalue weighted by molar-refractivity contribution is 7.07. The standard InChI is InChI=1S/C14H9NOS/c16-7-13-11-4-2-1-3-10(11)5-6-12(13)14-8-17-9-15-14/h1-9H. The molecule has 2 aromatic carbocycles. The molecular formula is C14H9NOS. The van der Waals surface area contributed by atoms with Crippen molar-refractivity contribution < 1.29 is 4.79 Å². The van der Waals surface area contributed by atoms with E-state index in [2.05, 4.69) is 4.98 Å². The Morgan fingerprint density at radius 3 is 2.76 bits per heavy atom. The fourth-order valence-corrected chi connectivity index (χ4v) is 2.54. The summed E-state index contributed by atoms with van der Waals surface area (Å²) in [6.07, 6.45) is 0.914. The molecule has 2 nitrogen and oxygen atoms in total. The normalized spacial score (nSPS) is 10.6. The van der Waals surface area contributed by atoms with Gasteiger partial charge in [0.25, 0.3) is 0 Å². The number of aromatic nitrogens is 1. The molecule has 0 fully saturated rings. The fraction of sp³-hybridized carbons (Fsp3) is 0. The number of rotatable bonds is 2. The summed E-state index contributed by atoms with van der Waals surface area (Å²) in [4.78, 5) is 15.6. The predicted molar refractivity (Wildman–Crippen MR) is 70.4 cm³/mol. The predicted octanol–water partition coefficient (Wildman–Crippen LogP) is 3.78. The van der Waals surface area contributed by atoms with E-state index in [0.29, 0.717) is 5.56 Å². The lowest BCUT2D eigenvalue weighted by Crippen LogP contribution is -1.89. The molecule has 3 aromatic rings. The Bertz CT molecular complexity index is 674. The third kappa shape index (κ3) is 1.65. The Kier molecular flexibility index (Phi) is 2.46. The topological polar surface area (TPSA) is 30.0 Å². The van der Waals surface area contributed by atoms with Crippen LogP contribution in [0, 0.1) is 0 Å². The lowest BCUT2D eigenvalue weighted by Gasteiger charge is -2.06. The van der Waals surface area contributed by atoms with Crippen molar-refractivity contribution in [3.8, 4) is 11.3 Å². The van der Waals surface area contributed by atoms with E-state index in [1.54, 1.807) is 5.51 Å². The van der Waals surface area contributed by atoms with Crippen LogP contribution in [0.2, 0.25) is 0 Å². The number of thiazole rings is 1. The van der Waals surface area contributed by atoms with Gasteiger partial charge >= 0.3 is 0 Å². The quantitative estimate of drug-likeness (QED) is 0.637. The first-order chi connectivity index (χ1) is 8.40. The summed E-state index contributed by atoms with van der Waals surface area (Å²) in [7, 11) is 0. The summed E-state index contributed by atoms with van der Waals surface area (Å²) < 4.78 is 0. The van der Waals surface area contributed by atoms with E-state index in [-0.39, 0.29) is 0 Å². The second-order valence-electron chi connectivity index (χ2n) is 3.74. The number of benzene rings is 2. The van der Waals surface area contributed by atoms with Crippen molar-refractivity contribution in [2.45, 2.75) is 0 Å². The molecule has 0 atom stereocenters. The molecule has 0 bridgehead atoms. The Hall–Kier alpha value is -2.00. The first kappa shape index (κ1) is 10.2. The lowest BCUT2D eigenvalue weighted by atomic mass is 9.98. The third-order valence-electron chi connectivity index (χ3n) is 2.80. The Morgan fingerprint density at radius 1 is 1.12 bits per heavy atom. The second kappa shape index (κ2) is 4.11. The van der Waals surface area contributed by atoms with Gasteiger partial charge in [0.05, 0.1) is 11.2 Å². The zero-order valence-electron chi connectivity index (χ0n) is 8.96. The molecule has 17 heavy (non-hydrogen) atoms. The van der Waals surface area contributed by atoms with Gasteiger partial charge in [-0.2, -0.15) is 0 Å². The highest BCUT2D eigenvalue weighted by Gasteiger charge is 2.09. The number of carbonyl (C=O) groups is 1. The van der Waals surface area contributed by atoms with E-state index in [1.165, 1.54) is 11.3 Å². The molecule has 0 aliphatic rings. The number of aldehydes is 1. The molecule has 0 amide bonds. The van der Waals surface area contributed by atoms with Crippen molar-refractivity contribution in [3.63, 3.8) is 0 Å². The number of hydrogen-bond acceptors (Lipinski definition) is 3. The van der Waals surface area contributed by atoms with E-state index in [4.69, 9.17) is 0 Å². The van der Waals surface area contributed by atoms with Gasteiger partial charge in [0, 0.05) is 16.5 Å². The van der Waals surface area contributed by atoms with Gasteiger partial charge in [0.1, 0.15) is 0 Å². The highest BCUT2D eigenvalue weighted by Crippen LogP contribution is 2.28. The number of fused-ring (bicyclic) bond motifs is 1. The Morgan fingerprint density at radius 2 is 2.00 bits per heavy atom. The molecule has 0 spiro atoms. The van der Waals surface area contributed by atoms with Crippen LogP contribution < -0.4 is 0 Å². The van der Waals surface area contributed by atoms with Crippen molar-refractivity contribution in [2.75, 3.05) is 0 Å². The van der Waals surface area contributed by atoms with E-state index >= 15 is 0 Å². The number of hydrogen-bond donors (Lipinski definition) is 0. The van der Waals surface area contributed by atoms with Gasteiger partial charge in [-0.25, -0.2) is 4.98 Å². The zero-order chi connectivity index (χ0) is 11.7. The summed E-state index contributed by atoms with van der Waals surface area (Å²) >= 11 is 1.53. The minimum absolute atomic E-state index is 0.717. The average molecular weight is 239 g/mol. The average Bonchev–Trinajstić information content (AvgIpc) is 2.91. The fourth-order valence-electron chi connectivity index (χ4n) is 1.99. The lowest BCUT2D eigenvalue weighted by molar-refractivity contribution is 0.112. The molecule has 0 aliphatic heterocycles. The molecule has 0 unspecified atom stereocenters. The van der Waals surface area contributed by atoms with Crippen LogP contribution in [0.3, 0.4) is 0 Å². The van der Waals surface area contributed by atoms with Gasteiger partial charge in [0.15, 0.2) is 6.29 Å². The van der Waals surface area contributed by atoms with Gasteiger partial charge in [-0.05, 0) is 10.8 Å². The molecule has 0 radical (unpaired) electrons. The monoisotopic (exact) mass is 239 g/mol. The van der Waals surface area contributed by atoms with Gasteiger partial charge < -0.3 is 0 Å². The maximum absolute atomic E-state index is 11.3. The summed E-state index contributed by atoms with van der Waals surface area (Å²) in [5.74, 6) is 0. The molecule has 3 heteroatoms. The van der Waals surface area contributed by atoms with E-state index < -0.39 is 0 Å². The van der Waals surface area contributed by atoms with E-state index in [9.17, 15) is 4.79 Å². The van der Waals surface area contributed by atoms with Crippen molar-refractivity contribution in [2.24, 2.45) is 0 Å². The van der Waals surface area contributed by atoms with Crippen LogP contribution in [0.25, 0.3) is 22.0 Å². The molecule has 3 rings (SSSR count). The van der Waals surface area contributed by atoms with Crippen molar-refractivity contribution in [1.29, 1.82) is 0 Å². The minimum atomic E-state index is 0.717.